The molecule has 0 spiro atoms. The second-order valence-corrected chi connectivity index (χ2v) is 6.70. The largest absolute Gasteiger partial charge is 0.465 e. The molecule has 1 unspecified atom stereocenters. The monoisotopic (exact) mass is 391 g/mol. The molecule has 1 heterocycles. The van der Waals surface area contributed by atoms with Gasteiger partial charge in [0.25, 0.3) is 0 Å². The van der Waals surface area contributed by atoms with Gasteiger partial charge in [-0.25, -0.2) is 4.39 Å². The van der Waals surface area contributed by atoms with E-state index in [1.807, 2.05) is 29.2 Å². The summed E-state index contributed by atoms with van der Waals surface area (Å²) >= 11 is 3.41. The van der Waals surface area contributed by atoms with Crippen LogP contribution in [0.1, 0.15) is 23.6 Å². The van der Waals surface area contributed by atoms with E-state index in [1.54, 1.807) is 13.0 Å². The van der Waals surface area contributed by atoms with Crippen LogP contribution in [-0.4, -0.2) is 23.5 Å². The smallest absolute Gasteiger partial charge is 0.323 e. The Kier molecular flexibility index (Phi) is 5.31. The molecule has 3 nitrogen and oxygen atoms in total. The van der Waals surface area contributed by atoms with Crippen molar-refractivity contribution in [3.63, 3.8) is 0 Å². The Morgan fingerprint density at radius 1 is 1.25 bits per heavy atom. The van der Waals surface area contributed by atoms with Gasteiger partial charge >= 0.3 is 5.97 Å². The lowest BCUT2D eigenvalue weighted by molar-refractivity contribution is -0.150. The first-order valence-corrected chi connectivity index (χ1v) is 8.79. The van der Waals surface area contributed by atoms with E-state index in [0.29, 0.717) is 36.2 Å². The van der Waals surface area contributed by atoms with Gasteiger partial charge in [-0.15, -0.1) is 0 Å². The van der Waals surface area contributed by atoms with Crippen LogP contribution in [0, 0.1) is 5.82 Å². The fourth-order valence-corrected chi connectivity index (χ4v) is 3.57. The van der Waals surface area contributed by atoms with Crippen molar-refractivity contribution >= 4 is 21.9 Å². The molecule has 0 saturated carbocycles. The first kappa shape index (κ1) is 17.1. The van der Waals surface area contributed by atoms with Gasteiger partial charge in [-0.3, -0.25) is 9.69 Å². The van der Waals surface area contributed by atoms with E-state index < -0.39 is 6.04 Å². The summed E-state index contributed by atoms with van der Waals surface area (Å²) in [6.45, 7) is 3.09. The molecule has 126 valence electrons. The van der Waals surface area contributed by atoms with Crippen LogP contribution in [0.3, 0.4) is 0 Å². The van der Waals surface area contributed by atoms with Crippen molar-refractivity contribution in [2.24, 2.45) is 0 Å². The summed E-state index contributed by atoms with van der Waals surface area (Å²) in [5, 5.41) is 0. The summed E-state index contributed by atoms with van der Waals surface area (Å²) in [5.41, 5.74) is 2.89. The number of carbonyl (C=O) groups excluding carboxylic acids is 1. The lowest BCUT2D eigenvalue weighted by Crippen LogP contribution is -2.46. The summed E-state index contributed by atoms with van der Waals surface area (Å²) in [7, 11) is 0. The Morgan fingerprint density at radius 3 is 2.71 bits per heavy atom. The van der Waals surface area contributed by atoms with Crippen LogP contribution in [0.15, 0.2) is 46.9 Å². The molecule has 1 aliphatic heterocycles. The summed E-state index contributed by atoms with van der Waals surface area (Å²) in [6.07, 6.45) is 0.584. The van der Waals surface area contributed by atoms with Crippen LogP contribution in [0.5, 0.6) is 0 Å². The first-order chi connectivity index (χ1) is 11.6. The van der Waals surface area contributed by atoms with Gasteiger partial charge in [-0.2, -0.15) is 0 Å². The van der Waals surface area contributed by atoms with Crippen LogP contribution in [0.4, 0.5) is 4.39 Å². The van der Waals surface area contributed by atoms with Gasteiger partial charge in [0.2, 0.25) is 0 Å². The minimum Gasteiger partial charge on any atom is -0.465 e. The van der Waals surface area contributed by atoms with Crippen molar-refractivity contribution < 1.29 is 13.9 Å². The highest BCUT2D eigenvalue weighted by molar-refractivity contribution is 9.10. The fourth-order valence-electron chi connectivity index (χ4n) is 3.10. The fraction of sp³-hybridized carbons (Fsp3) is 0.316. The number of rotatable bonds is 4. The molecule has 2 aromatic carbocycles. The molecule has 2 aromatic rings. The van der Waals surface area contributed by atoms with Crippen LogP contribution in [0.2, 0.25) is 0 Å². The Morgan fingerprint density at radius 2 is 2.00 bits per heavy atom. The van der Waals surface area contributed by atoms with Crippen molar-refractivity contribution in [2.45, 2.75) is 32.5 Å². The highest BCUT2D eigenvalue weighted by Crippen LogP contribution is 2.28. The molecule has 0 aliphatic carbocycles. The third-order valence-corrected chi connectivity index (χ3v) is 5.07. The van der Waals surface area contributed by atoms with Crippen molar-refractivity contribution in [1.82, 2.24) is 4.90 Å². The van der Waals surface area contributed by atoms with E-state index in [0.717, 1.165) is 5.56 Å². The molecule has 0 radical (unpaired) electrons. The number of carbonyl (C=O) groups is 1. The average molecular weight is 392 g/mol. The summed E-state index contributed by atoms with van der Waals surface area (Å²) < 4.78 is 20.2. The van der Waals surface area contributed by atoms with Gasteiger partial charge in [0.15, 0.2) is 0 Å². The van der Waals surface area contributed by atoms with Crippen molar-refractivity contribution in [3.05, 3.63) is 69.4 Å². The van der Waals surface area contributed by atoms with Gasteiger partial charge in [-0.1, -0.05) is 46.3 Å². The molecule has 3 rings (SSSR count). The molecular formula is C19H19BrFNO2. The maximum atomic E-state index is 14.2. The van der Waals surface area contributed by atoms with Crippen LogP contribution < -0.4 is 0 Å². The van der Waals surface area contributed by atoms with Gasteiger partial charge in [0.1, 0.15) is 11.9 Å². The highest BCUT2D eigenvalue weighted by atomic mass is 79.9. The second-order valence-electron chi connectivity index (χ2n) is 5.85. The third kappa shape index (κ3) is 3.52. The lowest BCUT2D eigenvalue weighted by atomic mass is 9.93. The number of nitrogens with zero attached hydrogens (tertiary/aromatic N) is 1. The maximum Gasteiger partial charge on any atom is 0.323 e. The molecule has 5 heteroatoms. The molecule has 0 N–H and O–H groups in total. The molecule has 0 aromatic heterocycles. The summed E-state index contributed by atoms with van der Waals surface area (Å²) in [6, 6.07) is 12.6. The lowest BCUT2D eigenvalue weighted by Gasteiger charge is -2.35. The van der Waals surface area contributed by atoms with Gasteiger partial charge in [-0.05, 0) is 36.6 Å². The standard InChI is InChI=1S/C19H19BrFNO2/c1-2-24-19(23)18-10-13-6-3-4-7-14(13)11-22(18)12-15-16(20)8-5-9-17(15)21/h3-9,18H,2,10-12H2,1H3. The van der Waals surface area contributed by atoms with Crippen LogP contribution in [0.25, 0.3) is 0 Å². The summed E-state index contributed by atoms with van der Waals surface area (Å²) in [4.78, 5) is 14.4. The number of hydrogen-bond donors (Lipinski definition) is 0. The number of hydrogen-bond acceptors (Lipinski definition) is 3. The molecule has 24 heavy (non-hydrogen) atoms. The van der Waals surface area contributed by atoms with E-state index in [2.05, 4.69) is 22.0 Å². The van der Waals surface area contributed by atoms with Crippen molar-refractivity contribution in [1.29, 1.82) is 0 Å². The minimum atomic E-state index is -0.397. The average Bonchev–Trinajstić information content (AvgIpc) is 2.58. The predicted octanol–water partition coefficient (Wildman–Crippen LogP) is 4.08. The zero-order valence-corrected chi connectivity index (χ0v) is 15.1. The number of ether oxygens (including phenoxy) is 1. The third-order valence-electron chi connectivity index (χ3n) is 4.33. The molecule has 1 aliphatic rings. The topological polar surface area (TPSA) is 29.5 Å². The molecule has 0 fully saturated rings. The molecular weight excluding hydrogens is 373 g/mol. The molecule has 1 atom stereocenters. The van der Waals surface area contributed by atoms with Gasteiger partial charge in [0.05, 0.1) is 6.61 Å². The highest BCUT2D eigenvalue weighted by Gasteiger charge is 2.33. The quantitative estimate of drug-likeness (QED) is 0.735. The first-order valence-electron chi connectivity index (χ1n) is 8.00. The normalized spacial score (nSPS) is 17.4. The van der Waals surface area contributed by atoms with Crippen LogP contribution in [-0.2, 0) is 29.0 Å². The number of benzene rings is 2. The molecule has 0 amide bonds. The van der Waals surface area contributed by atoms with Gasteiger partial charge in [0, 0.05) is 23.1 Å². The Balaban J connectivity index is 1.92. The Labute approximate surface area is 149 Å². The van der Waals surface area contributed by atoms with E-state index in [1.165, 1.54) is 11.6 Å². The zero-order valence-electron chi connectivity index (χ0n) is 13.5. The Hall–Kier alpha value is -1.72. The van der Waals surface area contributed by atoms with Crippen molar-refractivity contribution in [3.8, 4) is 0 Å². The van der Waals surface area contributed by atoms with E-state index in [-0.39, 0.29) is 11.8 Å². The second kappa shape index (κ2) is 7.45. The van der Waals surface area contributed by atoms with E-state index in [4.69, 9.17) is 4.74 Å². The van der Waals surface area contributed by atoms with E-state index >= 15 is 0 Å². The number of halogens is 2. The van der Waals surface area contributed by atoms with Gasteiger partial charge < -0.3 is 4.74 Å². The number of fused-ring (bicyclic) bond motifs is 1. The van der Waals surface area contributed by atoms with E-state index in [9.17, 15) is 9.18 Å². The van der Waals surface area contributed by atoms with Crippen LogP contribution >= 0.6 is 15.9 Å². The Bertz CT molecular complexity index is 730. The summed E-state index contributed by atoms with van der Waals surface area (Å²) in [5.74, 6) is -0.523. The molecule has 0 saturated heterocycles. The minimum absolute atomic E-state index is 0.250. The molecule has 0 bridgehead atoms. The SMILES string of the molecule is CCOC(=O)C1Cc2ccccc2CN1Cc1c(F)cccc1Br. The number of esters is 1. The van der Waals surface area contributed by atoms with Crippen molar-refractivity contribution in [2.75, 3.05) is 6.61 Å². The maximum absolute atomic E-state index is 14.2. The zero-order chi connectivity index (χ0) is 17.1. The predicted molar refractivity (Wildman–Crippen MR) is 93.9 cm³/mol.